The predicted octanol–water partition coefficient (Wildman–Crippen LogP) is 1.68. The highest BCUT2D eigenvalue weighted by molar-refractivity contribution is 6.31. The van der Waals surface area contributed by atoms with Crippen molar-refractivity contribution in [3.63, 3.8) is 0 Å². The molecular weight excluding hydrogens is 258 g/mol. The number of carbonyl (C=O) groups excluding carboxylic acids is 2. The zero-order valence-corrected chi connectivity index (χ0v) is 10.9. The molecule has 0 heterocycles. The van der Waals surface area contributed by atoms with E-state index in [4.69, 9.17) is 21.1 Å². The highest BCUT2D eigenvalue weighted by atomic mass is 35.5. The summed E-state index contributed by atoms with van der Waals surface area (Å²) in [6.07, 6.45) is 0.599. The van der Waals surface area contributed by atoms with Crippen molar-refractivity contribution in [3.8, 4) is 11.5 Å². The first kappa shape index (κ1) is 14.3. The van der Waals surface area contributed by atoms with Gasteiger partial charge in [0.2, 0.25) is 0 Å². The third-order valence-electron chi connectivity index (χ3n) is 2.12. The van der Waals surface area contributed by atoms with Crippen molar-refractivity contribution in [3.05, 3.63) is 22.7 Å². The van der Waals surface area contributed by atoms with Crippen LogP contribution in [0.1, 0.15) is 17.3 Å². The summed E-state index contributed by atoms with van der Waals surface area (Å²) in [5.74, 6) is 0.253. The van der Waals surface area contributed by atoms with Crippen LogP contribution in [0, 0.1) is 0 Å². The van der Waals surface area contributed by atoms with Crippen molar-refractivity contribution in [2.24, 2.45) is 0 Å². The number of amides is 1. The molecule has 5 nitrogen and oxygen atoms in total. The second kappa shape index (κ2) is 6.86. The van der Waals surface area contributed by atoms with Crippen molar-refractivity contribution in [2.75, 3.05) is 20.3 Å². The lowest BCUT2D eigenvalue weighted by molar-refractivity contribution is -0.123. The summed E-state index contributed by atoms with van der Waals surface area (Å²) in [7, 11) is 1.43. The van der Waals surface area contributed by atoms with Crippen LogP contribution in [0.15, 0.2) is 12.1 Å². The van der Waals surface area contributed by atoms with Crippen LogP contribution in [0.2, 0.25) is 5.02 Å². The third kappa shape index (κ3) is 3.63. The molecular formula is C12H14ClNO4. The highest BCUT2D eigenvalue weighted by Crippen LogP contribution is 2.33. The summed E-state index contributed by atoms with van der Waals surface area (Å²) >= 11 is 5.82. The van der Waals surface area contributed by atoms with Crippen LogP contribution in [0.3, 0.4) is 0 Å². The number of aldehydes is 1. The van der Waals surface area contributed by atoms with E-state index in [2.05, 4.69) is 5.32 Å². The summed E-state index contributed by atoms with van der Waals surface area (Å²) in [4.78, 5) is 22.2. The zero-order chi connectivity index (χ0) is 13.5. The molecule has 1 aromatic rings. The Balaban J connectivity index is 2.92. The number of hydrogen-bond acceptors (Lipinski definition) is 4. The van der Waals surface area contributed by atoms with E-state index in [1.807, 2.05) is 0 Å². The molecule has 0 saturated carbocycles. The highest BCUT2D eigenvalue weighted by Gasteiger charge is 2.13. The number of carbonyl (C=O) groups is 2. The Morgan fingerprint density at radius 1 is 1.50 bits per heavy atom. The molecule has 1 rings (SSSR count). The molecule has 1 N–H and O–H groups in total. The van der Waals surface area contributed by atoms with Gasteiger partial charge >= 0.3 is 0 Å². The van der Waals surface area contributed by atoms with Gasteiger partial charge in [0.15, 0.2) is 24.4 Å². The van der Waals surface area contributed by atoms with Gasteiger partial charge in [-0.3, -0.25) is 9.59 Å². The van der Waals surface area contributed by atoms with E-state index in [-0.39, 0.29) is 23.8 Å². The molecule has 0 aromatic heterocycles. The second-order valence-electron chi connectivity index (χ2n) is 3.39. The number of hydrogen-bond donors (Lipinski definition) is 1. The SMILES string of the molecule is CCNC(=O)COc1c(C=O)cc(Cl)cc1OC. The van der Waals surface area contributed by atoms with Crippen LogP contribution in [0.5, 0.6) is 11.5 Å². The Kier molecular flexibility index (Phi) is 5.45. The summed E-state index contributed by atoms with van der Waals surface area (Å²) < 4.78 is 10.4. The summed E-state index contributed by atoms with van der Waals surface area (Å²) in [5, 5.41) is 2.94. The lowest BCUT2D eigenvalue weighted by Crippen LogP contribution is -2.28. The Bertz CT molecular complexity index is 448. The van der Waals surface area contributed by atoms with Crippen LogP contribution >= 0.6 is 11.6 Å². The minimum Gasteiger partial charge on any atom is -0.493 e. The van der Waals surface area contributed by atoms with E-state index in [1.165, 1.54) is 19.2 Å². The van der Waals surface area contributed by atoms with Crippen LogP contribution in [0.25, 0.3) is 0 Å². The Morgan fingerprint density at radius 3 is 2.78 bits per heavy atom. The molecule has 0 aliphatic heterocycles. The topological polar surface area (TPSA) is 64.6 Å². The number of halogens is 1. The van der Waals surface area contributed by atoms with Gasteiger partial charge in [-0.1, -0.05) is 11.6 Å². The first-order chi connectivity index (χ1) is 8.62. The predicted molar refractivity (Wildman–Crippen MR) is 67.6 cm³/mol. The molecule has 1 amide bonds. The summed E-state index contributed by atoms with van der Waals surface area (Å²) in [6, 6.07) is 2.96. The maximum atomic E-state index is 11.3. The number of ether oxygens (including phenoxy) is 2. The fraction of sp³-hybridized carbons (Fsp3) is 0.333. The van der Waals surface area contributed by atoms with Gasteiger partial charge < -0.3 is 14.8 Å². The Morgan fingerprint density at radius 2 is 2.22 bits per heavy atom. The van der Waals surface area contributed by atoms with Gasteiger partial charge in [0.05, 0.1) is 12.7 Å². The molecule has 0 fully saturated rings. The van der Waals surface area contributed by atoms with Gasteiger partial charge in [0.25, 0.3) is 5.91 Å². The second-order valence-corrected chi connectivity index (χ2v) is 3.82. The van der Waals surface area contributed by atoms with E-state index in [0.717, 1.165) is 0 Å². The Hall–Kier alpha value is -1.75. The summed E-state index contributed by atoms with van der Waals surface area (Å²) in [6.45, 7) is 2.13. The van der Waals surface area contributed by atoms with Gasteiger partial charge in [-0.15, -0.1) is 0 Å². The number of benzene rings is 1. The smallest absolute Gasteiger partial charge is 0.257 e. The molecule has 98 valence electrons. The van der Waals surface area contributed by atoms with E-state index in [1.54, 1.807) is 6.92 Å². The maximum absolute atomic E-state index is 11.3. The fourth-order valence-electron chi connectivity index (χ4n) is 1.37. The molecule has 6 heteroatoms. The first-order valence-electron chi connectivity index (χ1n) is 5.34. The molecule has 0 aliphatic carbocycles. The molecule has 0 unspecified atom stereocenters. The fourth-order valence-corrected chi connectivity index (χ4v) is 1.58. The Labute approximate surface area is 110 Å². The normalized spacial score (nSPS) is 9.72. The van der Waals surface area contributed by atoms with Gasteiger partial charge in [-0.2, -0.15) is 0 Å². The number of rotatable bonds is 6. The van der Waals surface area contributed by atoms with Gasteiger partial charge in [-0.05, 0) is 13.0 Å². The zero-order valence-electron chi connectivity index (χ0n) is 10.2. The molecule has 0 saturated heterocycles. The molecule has 18 heavy (non-hydrogen) atoms. The van der Waals surface area contributed by atoms with Crippen molar-refractivity contribution >= 4 is 23.8 Å². The van der Waals surface area contributed by atoms with Gasteiger partial charge in [-0.25, -0.2) is 0 Å². The lowest BCUT2D eigenvalue weighted by Gasteiger charge is -2.12. The first-order valence-corrected chi connectivity index (χ1v) is 5.72. The minimum atomic E-state index is -0.272. The van der Waals surface area contributed by atoms with E-state index in [9.17, 15) is 9.59 Å². The summed E-state index contributed by atoms with van der Waals surface area (Å²) in [5.41, 5.74) is 0.239. The molecule has 0 aliphatic rings. The van der Waals surface area contributed by atoms with Crippen molar-refractivity contribution in [1.29, 1.82) is 0 Å². The van der Waals surface area contributed by atoms with Crippen molar-refractivity contribution < 1.29 is 19.1 Å². The molecule has 1 aromatic carbocycles. The average Bonchev–Trinajstić information content (AvgIpc) is 2.36. The minimum absolute atomic E-state index is 0.188. The van der Waals surface area contributed by atoms with E-state index < -0.39 is 0 Å². The van der Waals surface area contributed by atoms with Gasteiger partial charge in [0, 0.05) is 17.6 Å². The van der Waals surface area contributed by atoms with E-state index >= 15 is 0 Å². The van der Waals surface area contributed by atoms with Crippen LogP contribution in [-0.4, -0.2) is 32.5 Å². The van der Waals surface area contributed by atoms with Gasteiger partial charge in [0.1, 0.15) is 0 Å². The van der Waals surface area contributed by atoms with Crippen molar-refractivity contribution in [1.82, 2.24) is 5.32 Å². The van der Waals surface area contributed by atoms with Crippen LogP contribution < -0.4 is 14.8 Å². The number of likely N-dealkylation sites (N-methyl/N-ethyl adjacent to an activating group) is 1. The standard InChI is InChI=1S/C12H14ClNO4/c1-3-14-11(16)7-18-12-8(6-15)4-9(13)5-10(12)17-2/h4-6H,3,7H2,1-2H3,(H,14,16). The molecule has 0 radical (unpaired) electrons. The van der Waals surface area contributed by atoms with Crippen LogP contribution in [0.4, 0.5) is 0 Å². The third-order valence-corrected chi connectivity index (χ3v) is 2.33. The quantitative estimate of drug-likeness (QED) is 0.800. The number of nitrogens with one attached hydrogen (secondary N) is 1. The monoisotopic (exact) mass is 271 g/mol. The maximum Gasteiger partial charge on any atom is 0.257 e. The average molecular weight is 272 g/mol. The number of methoxy groups -OCH3 is 1. The van der Waals surface area contributed by atoms with Crippen LogP contribution in [-0.2, 0) is 4.79 Å². The molecule has 0 atom stereocenters. The van der Waals surface area contributed by atoms with E-state index in [0.29, 0.717) is 23.6 Å². The molecule has 0 bridgehead atoms. The van der Waals surface area contributed by atoms with Crippen molar-refractivity contribution in [2.45, 2.75) is 6.92 Å². The lowest BCUT2D eigenvalue weighted by atomic mass is 10.2. The largest absolute Gasteiger partial charge is 0.493 e. The molecule has 0 spiro atoms.